The van der Waals surface area contributed by atoms with E-state index in [1.165, 1.54) is 10.9 Å². The molecular weight excluding hydrogens is 426 g/mol. The van der Waals surface area contributed by atoms with Gasteiger partial charge in [0.25, 0.3) is 0 Å². The van der Waals surface area contributed by atoms with Crippen LogP contribution in [-0.4, -0.2) is 89.5 Å². The molecule has 172 valence electrons. The lowest BCUT2D eigenvalue weighted by Crippen LogP contribution is -2.60. The first kappa shape index (κ1) is 23.1. The van der Waals surface area contributed by atoms with Crippen LogP contribution in [0, 0.1) is 0 Å². The van der Waals surface area contributed by atoms with E-state index in [0.29, 0.717) is 11.4 Å². The van der Waals surface area contributed by atoms with E-state index < -0.39 is 54.7 Å². The summed E-state index contributed by atoms with van der Waals surface area (Å²) in [7, 11) is 0. The summed E-state index contributed by atoms with van der Waals surface area (Å²) in [6.45, 7) is -1.16. The SMILES string of the molecule is Nc1ccc(-c2cn(CC(=O)N[C@H]3C(C(O)C(O)CO)OC(C(=O)O)=C[C@@H]3O)nn2)cc1. The third-order valence-electron chi connectivity index (χ3n) is 4.81. The first-order chi connectivity index (χ1) is 15.2. The maximum atomic E-state index is 12.5. The van der Waals surface area contributed by atoms with E-state index in [2.05, 4.69) is 15.6 Å². The number of carboxylic acid groups (broad SMARTS) is 1. The van der Waals surface area contributed by atoms with Crippen molar-refractivity contribution in [2.75, 3.05) is 12.3 Å². The summed E-state index contributed by atoms with van der Waals surface area (Å²) in [6.07, 6.45) is -4.22. The van der Waals surface area contributed by atoms with Gasteiger partial charge in [-0.25, -0.2) is 9.48 Å². The third kappa shape index (κ3) is 5.20. The first-order valence-corrected chi connectivity index (χ1v) is 9.52. The van der Waals surface area contributed by atoms with Gasteiger partial charge in [0.2, 0.25) is 11.7 Å². The van der Waals surface area contributed by atoms with Gasteiger partial charge >= 0.3 is 5.97 Å². The molecule has 2 heterocycles. The predicted molar refractivity (Wildman–Crippen MR) is 107 cm³/mol. The van der Waals surface area contributed by atoms with Crippen LogP contribution in [0.1, 0.15) is 0 Å². The van der Waals surface area contributed by atoms with Gasteiger partial charge in [0.15, 0.2) is 6.10 Å². The van der Waals surface area contributed by atoms with E-state index in [1.54, 1.807) is 24.3 Å². The van der Waals surface area contributed by atoms with Gasteiger partial charge in [0.1, 0.15) is 30.6 Å². The molecule has 0 bridgehead atoms. The fourth-order valence-corrected chi connectivity index (χ4v) is 3.15. The van der Waals surface area contributed by atoms with Gasteiger partial charge in [-0.1, -0.05) is 17.3 Å². The molecule has 0 saturated heterocycles. The molecule has 1 aliphatic rings. The van der Waals surface area contributed by atoms with Crippen LogP contribution in [0.3, 0.4) is 0 Å². The summed E-state index contributed by atoms with van der Waals surface area (Å²) in [5.74, 6) is -2.83. The number of nitrogens with two attached hydrogens (primary N) is 1. The zero-order valence-corrected chi connectivity index (χ0v) is 16.6. The number of aliphatic carboxylic acids is 1. The highest BCUT2D eigenvalue weighted by atomic mass is 16.5. The van der Waals surface area contributed by atoms with E-state index in [-0.39, 0.29) is 6.54 Å². The molecule has 13 heteroatoms. The van der Waals surface area contributed by atoms with Crippen LogP contribution in [0.2, 0.25) is 0 Å². The number of aliphatic hydroxyl groups excluding tert-OH is 4. The molecule has 0 fully saturated rings. The number of aliphatic hydroxyl groups is 4. The van der Waals surface area contributed by atoms with Gasteiger partial charge in [0, 0.05) is 11.3 Å². The zero-order valence-electron chi connectivity index (χ0n) is 16.6. The largest absolute Gasteiger partial charge is 0.478 e. The Labute approximate surface area is 181 Å². The molecule has 0 radical (unpaired) electrons. The van der Waals surface area contributed by atoms with Crippen molar-refractivity contribution in [3.8, 4) is 11.3 Å². The standard InChI is InChI=1S/C19H23N5O8/c20-10-3-1-9(2-4-10)11-6-24(23-22-11)7-15(28)21-16-12(26)5-14(19(30)31)32-18(16)17(29)13(27)8-25/h1-6,12-13,16-18,25-27,29H,7-8,20H2,(H,21,28)(H,30,31)/t12-,13?,16+,17?,18?/m0/s1. The Morgan fingerprint density at radius 1 is 1.25 bits per heavy atom. The Hall–Kier alpha value is -3.52. The molecule has 2 aromatic rings. The van der Waals surface area contributed by atoms with Gasteiger partial charge in [-0.3, -0.25) is 4.79 Å². The minimum Gasteiger partial charge on any atom is -0.478 e. The molecule has 1 amide bonds. The number of carbonyl (C=O) groups is 2. The minimum absolute atomic E-state index is 0.313. The van der Waals surface area contributed by atoms with Gasteiger partial charge < -0.3 is 41.3 Å². The Balaban J connectivity index is 1.73. The summed E-state index contributed by atoms with van der Waals surface area (Å²) in [4.78, 5) is 23.7. The molecule has 5 atom stereocenters. The normalized spacial score (nSPS) is 22.4. The van der Waals surface area contributed by atoms with Gasteiger partial charge in [-0.2, -0.15) is 0 Å². The lowest BCUT2D eigenvalue weighted by molar-refractivity contribution is -0.149. The quantitative estimate of drug-likeness (QED) is 0.208. The van der Waals surface area contributed by atoms with Crippen molar-refractivity contribution in [1.29, 1.82) is 0 Å². The number of aromatic nitrogens is 3. The van der Waals surface area contributed by atoms with Crippen molar-refractivity contribution < 1.29 is 39.9 Å². The number of hydrogen-bond acceptors (Lipinski definition) is 10. The molecule has 8 N–H and O–H groups in total. The van der Waals surface area contributed by atoms with Crippen LogP contribution < -0.4 is 11.1 Å². The summed E-state index contributed by atoms with van der Waals surface area (Å²) in [5, 5.41) is 58.8. The highest BCUT2D eigenvalue weighted by Crippen LogP contribution is 2.23. The van der Waals surface area contributed by atoms with Crippen molar-refractivity contribution in [3.63, 3.8) is 0 Å². The molecule has 1 aliphatic heterocycles. The fourth-order valence-electron chi connectivity index (χ4n) is 3.15. The Bertz CT molecular complexity index is 992. The summed E-state index contributed by atoms with van der Waals surface area (Å²) >= 11 is 0. The smallest absolute Gasteiger partial charge is 0.370 e. The molecule has 0 aliphatic carbocycles. The molecule has 32 heavy (non-hydrogen) atoms. The molecule has 0 saturated carbocycles. The molecule has 1 aromatic heterocycles. The Morgan fingerprint density at radius 3 is 2.56 bits per heavy atom. The van der Waals surface area contributed by atoms with Crippen LogP contribution in [-0.2, 0) is 20.9 Å². The van der Waals surface area contributed by atoms with Crippen LogP contribution >= 0.6 is 0 Å². The maximum absolute atomic E-state index is 12.5. The van der Waals surface area contributed by atoms with Crippen LogP contribution in [0.25, 0.3) is 11.3 Å². The number of hydrogen-bond donors (Lipinski definition) is 7. The molecule has 0 spiro atoms. The van der Waals surface area contributed by atoms with Gasteiger partial charge in [-0.05, 0) is 18.2 Å². The summed E-state index contributed by atoms with van der Waals surface area (Å²) < 4.78 is 6.40. The lowest BCUT2D eigenvalue weighted by Gasteiger charge is -2.38. The van der Waals surface area contributed by atoms with Crippen LogP contribution in [0.5, 0.6) is 0 Å². The van der Waals surface area contributed by atoms with Crippen molar-refractivity contribution in [3.05, 3.63) is 42.3 Å². The predicted octanol–water partition coefficient (Wildman–Crippen LogP) is -2.55. The van der Waals surface area contributed by atoms with E-state index in [9.17, 15) is 24.9 Å². The number of amides is 1. The molecular formula is C19H23N5O8. The Morgan fingerprint density at radius 2 is 1.94 bits per heavy atom. The van der Waals surface area contributed by atoms with Gasteiger partial charge in [0.05, 0.1) is 18.8 Å². The topological polar surface area (TPSA) is 213 Å². The average molecular weight is 449 g/mol. The minimum atomic E-state index is -1.80. The van der Waals surface area contributed by atoms with Gasteiger partial charge in [-0.15, -0.1) is 5.10 Å². The molecule has 3 unspecified atom stereocenters. The monoisotopic (exact) mass is 449 g/mol. The number of rotatable bonds is 8. The van der Waals surface area contributed by atoms with Crippen molar-refractivity contribution in [1.82, 2.24) is 20.3 Å². The maximum Gasteiger partial charge on any atom is 0.370 e. The highest BCUT2D eigenvalue weighted by Gasteiger charge is 2.43. The second kappa shape index (κ2) is 9.74. The van der Waals surface area contributed by atoms with Crippen molar-refractivity contribution in [2.45, 2.75) is 37.0 Å². The fraction of sp³-hybridized carbons (Fsp3) is 0.368. The molecule has 3 rings (SSSR count). The summed E-state index contributed by atoms with van der Waals surface area (Å²) in [6, 6.07) is 5.55. The lowest BCUT2D eigenvalue weighted by atomic mass is 9.94. The first-order valence-electron chi connectivity index (χ1n) is 9.52. The Kier molecular flexibility index (Phi) is 7.05. The number of nitrogen functional groups attached to an aromatic ring is 1. The van der Waals surface area contributed by atoms with Crippen LogP contribution in [0.15, 0.2) is 42.3 Å². The van der Waals surface area contributed by atoms with E-state index in [4.69, 9.17) is 20.7 Å². The third-order valence-corrected chi connectivity index (χ3v) is 4.81. The van der Waals surface area contributed by atoms with Crippen molar-refractivity contribution >= 4 is 17.6 Å². The number of anilines is 1. The number of carboxylic acids is 1. The highest BCUT2D eigenvalue weighted by molar-refractivity contribution is 5.84. The number of carbonyl (C=O) groups excluding carboxylic acids is 1. The second-order valence-electron chi connectivity index (χ2n) is 7.17. The molecule has 13 nitrogen and oxygen atoms in total. The second-order valence-corrected chi connectivity index (χ2v) is 7.17. The number of nitrogens with zero attached hydrogens (tertiary/aromatic N) is 3. The average Bonchev–Trinajstić information content (AvgIpc) is 3.22. The molecule has 1 aromatic carbocycles. The van der Waals surface area contributed by atoms with Crippen LogP contribution in [0.4, 0.5) is 5.69 Å². The van der Waals surface area contributed by atoms with E-state index in [1.807, 2.05) is 0 Å². The number of nitrogens with one attached hydrogen (secondary N) is 1. The summed E-state index contributed by atoms with van der Waals surface area (Å²) in [5.41, 5.74) is 7.46. The van der Waals surface area contributed by atoms with E-state index in [0.717, 1.165) is 11.6 Å². The number of benzene rings is 1. The number of ether oxygens (including phenoxy) is 1. The van der Waals surface area contributed by atoms with Crippen molar-refractivity contribution in [2.24, 2.45) is 0 Å². The zero-order chi connectivity index (χ0) is 23.4. The van der Waals surface area contributed by atoms with E-state index >= 15 is 0 Å².